The minimum absolute atomic E-state index is 0.154. The fraction of sp³-hybridized carbons (Fsp3) is 1.00. The van der Waals surface area contributed by atoms with Gasteiger partial charge < -0.3 is 10.2 Å². The van der Waals surface area contributed by atoms with E-state index in [1.807, 2.05) is 6.92 Å². The standard InChI is InChI=1S/C20H38O2/c1-7-19(5,22)12-9-15-14(2)13-16(21)17-18(3,4)10-8-11-20(15,17)6/h14-17,21-22H,7-13H2,1-6H3. The van der Waals surface area contributed by atoms with E-state index in [1.165, 1.54) is 19.3 Å². The van der Waals surface area contributed by atoms with Crippen molar-refractivity contribution in [2.24, 2.45) is 28.6 Å². The lowest BCUT2D eigenvalue weighted by molar-refractivity contribution is -0.161. The summed E-state index contributed by atoms with van der Waals surface area (Å²) in [6.45, 7) is 13.5. The molecule has 130 valence electrons. The third-order valence-corrected chi connectivity index (χ3v) is 7.38. The normalized spacial score (nSPS) is 44.2. The summed E-state index contributed by atoms with van der Waals surface area (Å²) in [6, 6.07) is 0. The van der Waals surface area contributed by atoms with Crippen LogP contribution in [0.25, 0.3) is 0 Å². The Kier molecular flexibility index (Phi) is 5.06. The number of rotatable bonds is 4. The van der Waals surface area contributed by atoms with Crippen molar-refractivity contribution in [1.82, 2.24) is 0 Å². The lowest BCUT2D eigenvalue weighted by Crippen LogP contribution is -2.57. The van der Waals surface area contributed by atoms with Gasteiger partial charge >= 0.3 is 0 Å². The van der Waals surface area contributed by atoms with Crippen LogP contribution in [0.2, 0.25) is 0 Å². The summed E-state index contributed by atoms with van der Waals surface area (Å²) in [5.74, 6) is 1.58. The average Bonchev–Trinajstić information content (AvgIpc) is 2.36. The highest BCUT2D eigenvalue weighted by molar-refractivity contribution is 5.06. The van der Waals surface area contributed by atoms with E-state index in [0.717, 1.165) is 25.7 Å². The molecule has 0 aromatic carbocycles. The Hall–Kier alpha value is -0.0800. The Bertz CT molecular complexity index is 387. The number of aliphatic hydroxyl groups excluding tert-OH is 1. The Morgan fingerprint density at radius 3 is 2.41 bits per heavy atom. The van der Waals surface area contributed by atoms with E-state index >= 15 is 0 Å². The minimum Gasteiger partial charge on any atom is -0.393 e. The van der Waals surface area contributed by atoms with Gasteiger partial charge in [0.2, 0.25) is 0 Å². The monoisotopic (exact) mass is 310 g/mol. The van der Waals surface area contributed by atoms with Crippen LogP contribution < -0.4 is 0 Å². The maximum atomic E-state index is 10.8. The molecule has 22 heavy (non-hydrogen) atoms. The SMILES string of the molecule is CCC(C)(O)CCC1C(C)CC(O)C2C(C)(C)CCCC12C. The van der Waals surface area contributed by atoms with Crippen LogP contribution in [-0.2, 0) is 0 Å². The van der Waals surface area contributed by atoms with Crippen molar-refractivity contribution in [2.45, 2.75) is 98.2 Å². The molecule has 2 heteroatoms. The van der Waals surface area contributed by atoms with Crippen molar-refractivity contribution >= 4 is 0 Å². The molecule has 0 aliphatic heterocycles. The quantitative estimate of drug-likeness (QED) is 0.784. The Labute approximate surface area is 137 Å². The smallest absolute Gasteiger partial charge is 0.0617 e. The van der Waals surface area contributed by atoms with Gasteiger partial charge in [-0.3, -0.25) is 0 Å². The molecular weight excluding hydrogens is 272 g/mol. The Balaban J connectivity index is 2.24. The molecule has 2 aliphatic rings. The van der Waals surface area contributed by atoms with Gasteiger partial charge in [0.1, 0.15) is 0 Å². The van der Waals surface area contributed by atoms with Gasteiger partial charge in [0.05, 0.1) is 11.7 Å². The van der Waals surface area contributed by atoms with Gasteiger partial charge in [0.25, 0.3) is 0 Å². The molecule has 2 nitrogen and oxygen atoms in total. The first-order chi connectivity index (χ1) is 10.0. The van der Waals surface area contributed by atoms with Crippen molar-refractivity contribution in [3.63, 3.8) is 0 Å². The van der Waals surface area contributed by atoms with Crippen LogP contribution in [0.3, 0.4) is 0 Å². The van der Waals surface area contributed by atoms with E-state index in [1.54, 1.807) is 0 Å². The summed E-state index contributed by atoms with van der Waals surface area (Å²) in [4.78, 5) is 0. The van der Waals surface area contributed by atoms with E-state index in [0.29, 0.717) is 17.8 Å². The molecule has 0 bridgehead atoms. The summed E-state index contributed by atoms with van der Waals surface area (Å²) in [7, 11) is 0. The highest BCUT2D eigenvalue weighted by Gasteiger charge is 2.57. The third kappa shape index (κ3) is 3.24. The summed E-state index contributed by atoms with van der Waals surface area (Å²) < 4.78 is 0. The zero-order valence-electron chi connectivity index (χ0n) is 15.7. The summed E-state index contributed by atoms with van der Waals surface area (Å²) in [6.07, 6.45) is 7.33. The van der Waals surface area contributed by atoms with Crippen molar-refractivity contribution in [3.05, 3.63) is 0 Å². The summed E-state index contributed by atoms with van der Waals surface area (Å²) >= 11 is 0. The first-order valence-electron chi connectivity index (χ1n) is 9.44. The van der Waals surface area contributed by atoms with Crippen LogP contribution >= 0.6 is 0 Å². The van der Waals surface area contributed by atoms with Gasteiger partial charge in [-0.1, -0.05) is 41.0 Å². The third-order valence-electron chi connectivity index (χ3n) is 7.38. The molecular formula is C20H38O2. The number of hydrogen-bond acceptors (Lipinski definition) is 2. The maximum absolute atomic E-state index is 10.8. The average molecular weight is 311 g/mol. The van der Waals surface area contributed by atoms with E-state index in [-0.39, 0.29) is 16.9 Å². The predicted molar refractivity (Wildman–Crippen MR) is 92.7 cm³/mol. The summed E-state index contributed by atoms with van der Waals surface area (Å²) in [5.41, 5.74) is -0.0768. The maximum Gasteiger partial charge on any atom is 0.0617 e. The molecule has 2 saturated carbocycles. The molecule has 2 N–H and O–H groups in total. The Morgan fingerprint density at radius 1 is 1.18 bits per heavy atom. The number of aliphatic hydroxyl groups is 2. The van der Waals surface area contributed by atoms with Crippen LogP contribution in [0.15, 0.2) is 0 Å². The first-order valence-corrected chi connectivity index (χ1v) is 9.44. The molecule has 0 radical (unpaired) electrons. The van der Waals surface area contributed by atoms with E-state index < -0.39 is 5.60 Å². The van der Waals surface area contributed by atoms with Crippen molar-refractivity contribution < 1.29 is 10.2 Å². The molecule has 0 aromatic heterocycles. The van der Waals surface area contributed by atoms with Crippen LogP contribution in [0.1, 0.15) is 86.5 Å². The zero-order valence-corrected chi connectivity index (χ0v) is 15.7. The van der Waals surface area contributed by atoms with Gasteiger partial charge in [-0.05, 0) is 74.0 Å². The fourth-order valence-electron chi connectivity index (χ4n) is 6.09. The molecule has 2 aliphatic carbocycles. The largest absolute Gasteiger partial charge is 0.393 e. The van der Waals surface area contributed by atoms with Gasteiger partial charge in [0.15, 0.2) is 0 Å². The molecule has 2 rings (SSSR count). The van der Waals surface area contributed by atoms with Gasteiger partial charge in [0, 0.05) is 0 Å². The van der Waals surface area contributed by atoms with Crippen molar-refractivity contribution in [3.8, 4) is 0 Å². The van der Waals surface area contributed by atoms with Crippen molar-refractivity contribution in [2.75, 3.05) is 0 Å². The molecule has 0 aromatic rings. The highest BCUT2D eigenvalue weighted by Crippen LogP contribution is 2.62. The fourth-order valence-corrected chi connectivity index (χ4v) is 6.09. The van der Waals surface area contributed by atoms with E-state index in [9.17, 15) is 10.2 Å². The number of hydrogen-bond donors (Lipinski definition) is 2. The zero-order chi connectivity index (χ0) is 16.8. The van der Waals surface area contributed by atoms with Crippen LogP contribution in [-0.4, -0.2) is 21.9 Å². The second-order valence-corrected chi connectivity index (χ2v) is 9.60. The van der Waals surface area contributed by atoms with E-state index in [4.69, 9.17) is 0 Å². The van der Waals surface area contributed by atoms with Gasteiger partial charge in [-0.25, -0.2) is 0 Å². The molecule has 0 saturated heterocycles. The molecule has 6 atom stereocenters. The van der Waals surface area contributed by atoms with Gasteiger partial charge in [-0.15, -0.1) is 0 Å². The van der Waals surface area contributed by atoms with Crippen molar-refractivity contribution in [1.29, 1.82) is 0 Å². The second-order valence-electron chi connectivity index (χ2n) is 9.60. The highest BCUT2D eigenvalue weighted by atomic mass is 16.3. The predicted octanol–water partition coefficient (Wildman–Crippen LogP) is 4.78. The van der Waals surface area contributed by atoms with Crippen LogP contribution in [0.4, 0.5) is 0 Å². The molecule has 2 fully saturated rings. The van der Waals surface area contributed by atoms with Crippen LogP contribution in [0, 0.1) is 28.6 Å². The molecule has 0 heterocycles. The molecule has 6 unspecified atom stereocenters. The van der Waals surface area contributed by atoms with Crippen LogP contribution in [0.5, 0.6) is 0 Å². The minimum atomic E-state index is -0.536. The Morgan fingerprint density at radius 2 is 1.82 bits per heavy atom. The lowest BCUT2D eigenvalue weighted by Gasteiger charge is -2.61. The molecule has 0 amide bonds. The molecule has 0 spiro atoms. The summed E-state index contributed by atoms with van der Waals surface area (Å²) in [5, 5.41) is 21.2. The first kappa shape index (κ1) is 18.3. The lowest BCUT2D eigenvalue weighted by atomic mass is 9.45. The number of fused-ring (bicyclic) bond motifs is 1. The van der Waals surface area contributed by atoms with Gasteiger partial charge in [-0.2, -0.15) is 0 Å². The second kappa shape index (κ2) is 6.09. The van der Waals surface area contributed by atoms with E-state index in [2.05, 4.69) is 34.6 Å². The topological polar surface area (TPSA) is 40.5 Å².